The number of phenols is 2. The zero-order chi connectivity index (χ0) is 90.7. The van der Waals surface area contributed by atoms with E-state index in [2.05, 4.69) is 104 Å². The molecule has 3 amide bonds. The smallest absolute Gasteiger partial charge is 0.756 e. The molecule has 4 unspecified atom stereocenters. The molecule has 0 spiro atoms. The van der Waals surface area contributed by atoms with E-state index in [9.17, 15) is 67.5 Å². The number of phosphoric acid groups is 2. The summed E-state index contributed by atoms with van der Waals surface area (Å²) >= 11 is 0. The van der Waals surface area contributed by atoms with Gasteiger partial charge < -0.3 is 120 Å². The summed E-state index contributed by atoms with van der Waals surface area (Å²) in [4.78, 5) is 116. The number of carbonyl (C=O) groups is 8. The van der Waals surface area contributed by atoms with Crippen LogP contribution in [0.25, 0.3) is 48.6 Å². The van der Waals surface area contributed by atoms with Crippen molar-refractivity contribution < 1.29 is 211 Å². The fourth-order valence-electron chi connectivity index (χ4n) is 10.2. The number of carbonyl (C=O) groups excluding carboxylic acids is 8. The van der Waals surface area contributed by atoms with Crippen molar-refractivity contribution in [2.75, 3.05) is 172 Å². The Balaban J connectivity index is 0.000000645. The predicted molar refractivity (Wildman–Crippen MR) is 457 cm³/mol. The molecule has 0 saturated carbocycles. The van der Waals surface area contributed by atoms with Gasteiger partial charge in [-0.1, -0.05) is 134 Å². The van der Waals surface area contributed by atoms with Gasteiger partial charge in [0.2, 0.25) is 11.8 Å². The first-order valence-corrected chi connectivity index (χ1v) is 42.8. The number of hydrogen-bond acceptors (Lipinski definition) is 32. The van der Waals surface area contributed by atoms with Gasteiger partial charge in [-0.25, -0.2) is 4.79 Å². The van der Waals surface area contributed by atoms with E-state index in [0.29, 0.717) is 59.5 Å². The summed E-state index contributed by atoms with van der Waals surface area (Å²) in [6, 6.07) is 42.3. The first-order chi connectivity index (χ1) is 60.0. The van der Waals surface area contributed by atoms with Crippen molar-refractivity contribution >= 4 is 112 Å². The molecule has 0 radical (unpaired) electrons. The number of aryl methyl sites for hydroxylation is 2. The van der Waals surface area contributed by atoms with Crippen LogP contribution in [0.2, 0.25) is 0 Å². The summed E-state index contributed by atoms with van der Waals surface area (Å²) in [6.07, 6.45) is 13.3. The molecule has 35 nitrogen and oxygen atoms in total. The van der Waals surface area contributed by atoms with Gasteiger partial charge in [-0.15, -0.1) is 0 Å². The molecule has 0 aliphatic heterocycles. The number of phenolic OH excluding ortho intramolecular Hbond substituents is 2. The SMILES string of the molecule is CC(=O)OCC(COP(=O)([O-])OCCCC(=O)COCCOCC(=O)NCCOCCOCCOc1ccc(/C=C/c2ccc(/C=C/c3ccc(O)cc3)cc2C)cc1)OC(C)=O.CC(=O)OCC(COP(=O)([O-])OCCNC(=O)OCCOCC(=O)NCCOCCOCCOc1ccc(/C=C/c2ccc(/C=C/c3ccc(O)cc3)cc2C)cc1)OC(C)=O.[Na+].[Na+]. The Hall–Kier alpha value is -8.82. The number of nitrogens with one attached hydrogen (secondary N) is 3. The standard InChI is InChI=1S/C45H58NO16P.C43H55N2O16P.2Na/c1-34-29-39(7-6-37-10-16-41(49)17-11-37)9-15-40(34)14-8-38-12-18-43(19-13-38)58-28-27-55-24-23-54-22-20-46-45(51)33-57-26-25-56-30-42(50)5-4-21-60-63(52,53)61-32-44(62-36(3)48)31-59-35(2)47;1-32-28-37(5-4-35-8-14-39(48)15-9-35)7-13-38(32)12-6-36-10-16-40(17-11-36)56-26-24-54-23-22-53-20-18-44-42(49)31-55-25-27-57-43(50)45-19-21-59-62(51,52)60-30-41(61-34(3)47)29-58-33(2)46;;/h6-19,29,44,49H,4-5,20-28,30-33H2,1-3H3,(H,46,51)(H,52,53);4-17,28,41,48H,18-27,29-31H2,1-3H3,(H,44,49)(H,45,50)(H,51,52);;/q;;2*+1/p-2/b7-6+,14-8+;5-4+,12-6+;;. The third-order valence-corrected chi connectivity index (χ3v) is 18.3. The molecular weight excluding hydrogens is 1720 g/mol. The predicted octanol–water partition coefficient (Wildman–Crippen LogP) is 3.27. The Morgan fingerprint density at radius 1 is 0.362 bits per heavy atom. The van der Waals surface area contributed by atoms with Crippen LogP contribution in [0.3, 0.4) is 0 Å². The molecule has 0 heterocycles. The third-order valence-electron chi connectivity index (χ3n) is 16.3. The zero-order valence-corrected chi connectivity index (χ0v) is 78.6. The molecule has 0 aliphatic rings. The fraction of sp³-hybridized carbons (Fsp3) is 0.409. The molecule has 6 aromatic carbocycles. The normalized spacial score (nSPS) is 12.6. The van der Waals surface area contributed by atoms with E-state index in [-0.39, 0.29) is 180 Å². The Bertz CT molecular complexity index is 4460. The van der Waals surface area contributed by atoms with Crippen molar-refractivity contribution in [3.8, 4) is 23.0 Å². The number of ether oxygens (including phenoxy) is 14. The van der Waals surface area contributed by atoms with Gasteiger partial charge in [-0.2, -0.15) is 0 Å². The Labute approximate surface area is 783 Å². The van der Waals surface area contributed by atoms with E-state index >= 15 is 0 Å². The van der Waals surface area contributed by atoms with Gasteiger partial charge >= 0.3 is 89.1 Å². The number of Topliss-reactive ketones (excluding diaryl/α,β-unsaturated/α-hetero) is 1. The Morgan fingerprint density at radius 3 is 1.10 bits per heavy atom. The van der Waals surface area contributed by atoms with Crippen LogP contribution in [-0.2, 0) is 118 Å². The van der Waals surface area contributed by atoms with Crippen LogP contribution in [-0.4, -0.2) is 242 Å². The van der Waals surface area contributed by atoms with Crippen molar-refractivity contribution in [2.24, 2.45) is 0 Å². The van der Waals surface area contributed by atoms with Gasteiger partial charge in [0.25, 0.3) is 15.6 Å². The second-order valence-corrected chi connectivity index (χ2v) is 29.6. The summed E-state index contributed by atoms with van der Waals surface area (Å²) in [5, 5.41) is 26.5. The number of aromatic hydroxyl groups is 2. The second kappa shape index (κ2) is 66.5. The van der Waals surface area contributed by atoms with Gasteiger partial charge in [0.15, 0.2) is 18.0 Å². The molecular formula is C88H111N3Na2O32P2. The number of esters is 4. The summed E-state index contributed by atoms with van der Waals surface area (Å²) in [6.45, 7) is 8.69. The first-order valence-electron chi connectivity index (χ1n) is 39.8. The van der Waals surface area contributed by atoms with Crippen LogP contribution in [0, 0.1) is 13.8 Å². The average Bonchev–Trinajstić information content (AvgIpc) is 0.859. The van der Waals surface area contributed by atoms with Gasteiger partial charge in [0, 0.05) is 53.8 Å². The minimum absolute atomic E-state index is 0. The summed E-state index contributed by atoms with van der Waals surface area (Å²) in [7, 11) is -9.61. The van der Waals surface area contributed by atoms with Gasteiger partial charge in [0.05, 0.1) is 99.1 Å². The molecule has 6 rings (SSSR count). The number of hydrogen-bond donors (Lipinski definition) is 5. The van der Waals surface area contributed by atoms with Crippen molar-refractivity contribution in [2.45, 2.75) is 66.6 Å². The van der Waals surface area contributed by atoms with Crippen LogP contribution in [0.1, 0.15) is 96.2 Å². The molecule has 127 heavy (non-hydrogen) atoms. The molecule has 682 valence electrons. The Kier molecular flexibility index (Phi) is 58.9. The first kappa shape index (κ1) is 112. The number of phosphoric ester groups is 2. The van der Waals surface area contributed by atoms with Crippen LogP contribution in [0.4, 0.5) is 4.79 Å². The van der Waals surface area contributed by atoms with E-state index in [1.807, 2.05) is 97.1 Å². The number of rotatable bonds is 61. The molecule has 4 atom stereocenters. The van der Waals surface area contributed by atoms with Crippen molar-refractivity contribution in [3.63, 3.8) is 0 Å². The number of amides is 3. The largest absolute Gasteiger partial charge is 1.00 e. The summed E-state index contributed by atoms with van der Waals surface area (Å²) in [5.41, 5.74) is 10.9. The zero-order valence-electron chi connectivity index (χ0n) is 72.8. The third kappa shape index (κ3) is 56.3. The summed E-state index contributed by atoms with van der Waals surface area (Å²) in [5.74, 6) is -1.83. The van der Waals surface area contributed by atoms with E-state index in [4.69, 9.17) is 70.8 Å². The van der Waals surface area contributed by atoms with Crippen molar-refractivity contribution in [1.82, 2.24) is 16.0 Å². The van der Waals surface area contributed by atoms with E-state index in [1.54, 1.807) is 24.3 Å². The monoisotopic (exact) mass is 1830 g/mol. The second-order valence-electron chi connectivity index (χ2n) is 26.8. The van der Waals surface area contributed by atoms with Gasteiger partial charge in [0.1, 0.15) is 75.9 Å². The molecule has 0 aromatic heterocycles. The van der Waals surface area contributed by atoms with E-state index in [1.165, 1.54) is 0 Å². The molecule has 0 saturated heterocycles. The van der Waals surface area contributed by atoms with Crippen molar-refractivity contribution in [3.05, 3.63) is 189 Å². The maximum atomic E-state index is 12.0. The maximum absolute atomic E-state index is 12.0. The topological polar surface area (TPSA) is 460 Å². The quantitative estimate of drug-likeness (QED) is 0.00913. The Morgan fingerprint density at radius 2 is 0.701 bits per heavy atom. The minimum atomic E-state index is -4.84. The van der Waals surface area contributed by atoms with Crippen molar-refractivity contribution in [1.29, 1.82) is 0 Å². The molecule has 6 aromatic rings. The fourth-order valence-corrected chi connectivity index (χ4v) is 11.7. The molecule has 39 heteroatoms. The molecule has 0 fully saturated rings. The van der Waals surface area contributed by atoms with E-state index in [0.717, 1.165) is 94.8 Å². The maximum Gasteiger partial charge on any atom is 1.00 e. The van der Waals surface area contributed by atoms with Gasteiger partial charge in [-0.05, 0) is 124 Å². The van der Waals surface area contributed by atoms with Crippen LogP contribution in [0.5, 0.6) is 23.0 Å². The minimum Gasteiger partial charge on any atom is -0.756 e. The number of benzene rings is 6. The number of ketones is 1. The molecule has 0 bridgehead atoms. The van der Waals surface area contributed by atoms with Gasteiger partial charge in [-0.3, -0.25) is 42.7 Å². The summed E-state index contributed by atoms with van der Waals surface area (Å²) < 4.78 is 116. The molecule has 0 aliphatic carbocycles. The number of alkyl carbamates (subject to hydrolysis) is 1. The van der Waals surface area contributed by atoms with Crippen LogP contribution >= 0.6 is 15.6 Å². The average molecular weight is 1830 g/mol. The van der Waals surface area contributed by atoms with E-state index < -0.39 is 90.9 Å². The van der Waals surface area contributed by atoms with Crippen LogP contribution < -0.4 is 94.3 Å². The van der Waals surface area contributed by atoms with Crippen LogP contribution in [0.15, 0.2) is 133 Å². The molecule has 5 N–H and O–H groups in total.